The zero-order valence-electron chi connectivity index (χ0n) is 13.3. The molecular weight excluding hydrogens is 344 g/mol. The summed E-state index contributed by atoms with van der Waals surface area (Å²) in [4.78, 5) is 0.161. The Kier molecular flexibility index (Phi) is 4.55. The molecule has 0 atom stereocenters. The molecular formula is C19H15F2NO2S. The van der Waals surface area contributed by atoms with Crippen LogP contribution >= 0.6 is 0 Å². The van der Waals surface area contributed by atoms with E-state index in [0.717, 1.165) is 11.6 Å². The summed E-state index contributed by atoms with van der Waals surface area (Å²) in [6.45, 7) is 1.87. The van der Waals surface area contributed by atoms with Crippen LogP contribution in [-0.4, -0.2) is 8.42 Å². The minimum atomic E-state index is -3.69. The smallest absolute Gasteiger partial charge is 0.261 e. The van der Waals surface area contributed by atoms with Crippen LogP contribution in [0.25, 0.3) is 11.1 Å². The molecule has 0 unspecified atom stereocenters. The lowest BCUT2D eigenvalue weighted by molar-refractivity contribution is 0.584. The fourth-order valence-corrected chi connectivity index (χ4v) is 3.44. The number of halogens is 2. The van der Waals surface area contributed by atoms with E-state index in [1.165, 1.54) is 24.3 Å². The van der Waals surface area contributed by atoms with Gasteiger partial charge in [0.15, 0.2) is 0 Å². The van der Waals surface area contributed by atoms with Crippen molar-refractivity contribution in [1.29, 1.82) is 0 Å². The molecule has 0 spiro atoms. The predicted octanol–water partition coefficient (Wildman–Crippen LogP) is 4.74. The Morgan fingerprint density at radius 3 is 1.88 bits per heavy atom. The maximum atomic E-state index is 13.3. The number of hydrogen-bond acceptors (Lipinski definition) is 2. The number of anilines is 1. The molecule has 0 fully saturated rings. The van der Waals surface area contributed by atoms with Gasteiger partial charge in [0, 0.05) is 11.8 Å². The van der Waals surface area contributed by atoms with Gasteiger partial charge >= 0.3 is 0 Å². The molecule has 0 aliphatic heterocycles. The maximum Gasteiger partial charge on any atom is 0.261 e. The zero-order chi connectivity index (χ0) is 18.0. The molecule has 0 saturated carbocycles. The van der Waals surface area contributed by atoms with E-state index in [-0.39, 0.29) is 4.90 Å². The summed E-state index contributed by atoms with van der Waals surface area (Å²) in [6, 6.07) is 16.0. The highest BCUT2D eigenvalue weighted by Crippen LogP contribution is 2.24. The molecule has 0 aromatic heterocycles. The van der Waals surface area contributed by atoms with E-state index >= 15 is 0 Å². The van der Waals surface area contributed by atoms with Crippen molar-refractivity contribution in [2.45, 2.75) is 11.8 Å². The summed E-state index contributed by atoms with van der Waals surface area (Å²) in [7, 11) is -3.69. The van der Waals surface area contributed by atoms with Crippen molar-refractivity contribution < 1.29 is 17.2 Å². The molecule has 0 radical (unpaired) electrons. The van der Waals surface area contributed by atoms with Gasteiger partial charge in [0.1, 0.15) is 11.6 Å². The molecule has 0 saturated heterocycles. The van der Waals surface area contributed by atoms with E-state index < -0.39 is 21.7 Å². The van der Waals surface area contributed by atoms with E-state index in [1.807, 2.05) is 6.92 Å². The van der Waals surface area contributed by atoms with Crippen molar-refractivity contribution >= 4 is 15.7 Å². The van der Waals surface area contributed by atoms with Gasteiger partial charge in [-0.05, 0) is 54.4 Å². The normalized spacial score (nSPS) is 11.3. The summed E-state index contributed by atoms with van der Waals surface area (Å²) in [5, 5.41) is 0. The van der Waals surface area contributed by atoms with Crippen LogP contribution in [0.4, 0.5) is 14.5 Å². The van der Waals surface area contributed by atoms with E-state index in [2.05, 4.69) is 4.72 Å². The molecule has 3 aromatic carbocycles. The number of nitrogens with one attached hydrogen (secondary N) is 1. The molecule has 6 heteroatoms. The van der Waals surface area contributed by atoms with Gasteiger partial charge in [-0.3, -0.25) is 4.72 Å². The SMILES string of the molecule is Cc1ccc(S(=O)(=O)Nc2ccc(-c3cc(F)cc(F)c3)cc2)cc1. The Bertz CT molecular complexity index is 978. The number of rotatable bonds is 4. The predicted molar refractivity (Wildman–Crippen MR) is 93.8 cm³/mol. The van der Waals surface area contributed by atoms with Gasteiger partial charge in [-0.15, -0.1) is 0 Å². The summed E-state index contributed by atoms with van der Waals surface area (Å²) >= 11 is 0. The van der Waals surface area contributed by atoms with Crippen molar-refractivity contribution in [3.05, 3.63) is 83.9 Å². The minimum Gasteiger partial charge on any atom is -0.280 e. The lowest BCUT2D eigenvalue weighted by Crippen LogP contribution is -2.12. The summed E-state index contributed by atoms with van der Waals surface area (Å²) in [5.74, 6) is -1.33. The minimum absolute atomic E-state index is 0.161. The first-order chi connectivity index (χ1) is 11.8. The Hall–Kier alpha value is -2.73. The van der Waals surface area contributed by atoms with Crippen LogP contribution in [0.5, 0.6) is 0 Å². The second-order valence-corrected chi connectivity index (χ2v) is 7.34. The third-order valence-electron chi connectivity index (χ3n) is 3.66. The van der Waals surface area contributed by atoms with E-state index in [0.29, 0.717) is 16.8 Å². The Labute approximate surface area is 145 Å². The first-order valence-corrected chi connectivity index (χ1v) is 8.98. The van der Waals surface area contributed by atoms with Crippen molar-refractivity contribution in [2.75, 3.05) is 4.72 Å². The fourth-order valence-electron chi connectivity index (χ4n) is 2.38. The molecule has 0 heterocycles. The van der Waals surface area contributed by atoms with Crippen LogP contribution in [0.1, 0.15) is 5.56 Å². The Morgan fingerprint density at radius 1 is 0.760 bits per heavy atom. The molecule has 128 valence electrons. The van der Waals surface area contributed by atoms with Gasteiger partial charge in [0.05, 0.1) is 4.90 Å². The molecule has 3 aromatic rings. The monoisotopic (exact) mass is 359 g/mol. The first kappa shape index (κ1) is 17.1. The third kappa shape index (κ3) is 4.03. The van der Waals surface area contributed by atoms with Crippen LogP contribution in [0.15, 0.2) is 71.6 Å². The molecule has 1 N–H and O–H groups in total. The van der Waals surface area contributed by atoms with E-state index in [4.69, 9.17) is 0 Å². The largest absolute Gasteiger partial charge is 0.280 e. The molecule has 0 amide bonds. The average molecular weight is 359 g/mol. The van der Waals surface area contributed by atoms with Crippen molar-refractivity contribution in [2.24, 2.45) is 0 Å². The van der Waals surface area contributed by atoms with Crippen molar-refractivity contribution in [1.82, 2.24) is 0 Å². The van der Waals surface area contributed by atoms with Gasteiger partial charge in [-0.25, -0.2) is 17.2 Å². The van der Waals surface area contributed by atoms with Crippen LogP contribution in [0.3, 0.4) is 0 Å². The van der Waals surface area contributed by atoms with Gasteiger partial charge < -0.3 is 0 Å². The van der Waals surface area contributed by atoms with Crippen LogP contribution in [-0.2, 0) is 10.0 Å². The third-order valence-corrected chi connectivity index (χ3v) is 5.06. The van der Waals surface area contributed by atoms with Gasteiger partial charge in [0.2, 0.25) is 0 Å². The van der Waals surface area contributed by atoms with Gasteiger partial charge in [0.25, 0.3) is 10.0 Å². The Morgan fingerprint density at radius 2 is 1.32 bits per heavy atom. The van der Waals surface area contributed by atoms with Crippen molar-refractivity contribution in [3.8, 4) is 11.1 Å². The van der Waals surface area contributed by atoms with E-state index in [1.54, 1.807) is 36.4 Å². The van der Waals surface area contributed by atoms with Crippen LogP contribution in [0, 0.1) is 18.6 Å². The van der Waals surface area contributed by atoms with Gasteiger partial charge in [-0.1, -0.05) is 29.8 Å². The summed E-state index contributed by atoms with van der Waals surface area (Å²) < 4.78 is 53.8. The molecule has 3 rings (SSSR count). The molecule has 0 aliphatic carbocycles. The molecule has 25 heavy (non-hydrogen) atoms. The number of sulfonamides is 1. The lowest BCUT2D eigenvalue weighted by atomic mass is 10.1. The number of benzene rings is 3. The topological polar surface area (TPSA) is 46.2 Å². The average Bonchev–Trinajstić information content (AvgIpc) is 2.54. The molecule has 0 bridgehead atoms. The standard InChI is InChI=1S/C19H15F2NO2S/c1-13-2-8-19(9-3-13)25(23,24)22-18-6-4-14(5-7-18)15-10-16(20)12-17(21)11-15/h2-12,22H,1H3. The quantitative estimate of drug-likeness (QED) is 0.731. The summed E-state index contributed by atoms with van der Waals surface area (Å²) in [5.41, 5.74) is 2.29. The number of aryl methyl sites for hydroxylation is 1. The summed E-state index contributed by atoms with van der Waals surface area (Å²) in [6.07, 6.45) is 0. The zero-order valence-corrected chi connectivity index (χ0v) is 14.1. The van der Waals surface area contributed by atoms with Crippen LogP contribution < -0.4 is 4.72 Å². The molecule has 3 nitrogen and oxygen atoms in total. The van der Waals surface area contributed by atoms with E-state index in [9.17, 15) is 17.2 Å². The Balaban J connectivity index is 1.84. The first-order valence-electron chi connectivity index (χ1n) is 7.49. The van der Waals surface area contributed by atoms with Gasteiger partial charge in [-0.2, -0.15) is 0 Å². The second-order valence-electron chi connectivity index (χ2n) is 5.65. The highest BCUT2D eigenvalue weighted by atomic mass is 32.2. The second kappa shape index (κ2) is 6.64. The lowest BCUT2D eigenvalue weighted by Gasteiger charge is -2.09. The molecule has 0 aliphatic rings. The number of hydrogen-bond donors (Lipinski definition) is 1. The van der Waals surface area contributed by atoms with Crippen LogP contribution in [0.2, 0.25) is 0 Å². The fraction of sp³-hybridized carbons (Fsp3) is 0.0526. The highest BCUT2D eigenvalue weighted by Gasteiger charge is 2.14. The van der Waals surface area contributed by atoms with Crippen molar-refractivity contribution in [3.63, 3.8) is 0 Å². The maximum absolute atomic E-state index is 13.3. The highest BCUT2D eigenvalue weighted by molar-refractivity contribution is 7.92.